The molecule has 0 aromatic heterocycles. The van der Waals surface area contributed by atoms with Crippen LogP contribution in [0, 0.1) is 0 Å². The average molecular weight is 496 g/mol. The number of ketones is 1. The lowest BCUT2D eigenvalue weighted by molar-refractivity contribution is -0.136. The molecule has 2 atom stereocenters. The molecule has 6 nitrogen and oxygen atoms in total. The van der Waals surface area contributed by atoms with Crippen LogP contribution in [0.2, 0.25) is 5.02 Å². The highest BCUT2D eigenvalue weighted by atomic mass is 35.5. The van der Waals surface area contributed by atoms with Crippen LogP contribution in [-0.4, -0.2) is 32.6 Å². The zero-order valence-electron chi connectivity index (χ0n) is 20.4. The van der Waals surface area contributed by atoms with E-state index in [1.165, 1.54) is 7.11 Å². The number of allylic oxidation sites excluding steroid dienone is 3. The van der Waals surface area contributed by atoms with Crippen LogP contribution in [0.1, 0.15) is 56.1 Å². The summed E-state index contributed by atoms with van der Waals surface area (Å²) < 4.78 is 16.5. The van der Waals surface area contributed by atoms with E-state index in [4.69, 9.17) is 25.8 Å². The maximum Gasteiger partial charge on any atom is 0.336 e. The van der Waals surface area contributed by atoms with E-state index >= 15 is 0 Å². The van der Waals surface area contributed by atoms with E-state index in [1.807, 2.05) is 56.3 Å². The highest BCUT2D eigenvalue weighted by Gasteiger charge is 2.41. The Kier molecular flexibility index (Phi) is 7.51. The first-order chi connectivity index (χ1) is 16.9. The molecule has 0 saturated carbocycles. The summed E-state index contributed by atoms with van der Waals surface area (Å²) in [5.41, 5.74) is 4.38. The number of halogens is 1. The molecule has 0 amide bonds. The molecular weight excluding hydrogens is 466 g/mol. The van der Waals surface area contributed by atoms with Crippen LogP contribution in [0.5, 0.6) is 11.5 Å². The predicted octanol–water partition coefficient (Wildman–Crippen LogP) is 5.67. The van der Waals surface area contributed by atoms with Crippen LogP contribution in [0.3, 0.4) is 0 Å². The first-order valence-electron chi connectivity index (χ1n) is 11.8. The number of hydrogen-bond donors (Lipinski definition) is 1. The van der Waals surface area contributed by atoms with Crippen LogP contribution >= 0.6 is 11.6 Å². The molecule has 0 fully saturated rings. The van der Waals surface area contributed by atoms with Gasteiger partial charge in [0.05, 0.1) is 26.4 Å². The van der Waals surface area contributed by atoms with E-state index in [-0.39, 0.29) is 11.7 Å². The Labute approximate surface area is 210 Å². The van der Waals surface area contributed by atoms with Crippen molar-refractivity contribution in [2.75, 3.05) is 20.8 Å². The lowest BCUT2D eigenvalue weighted by Gasteiger charge is -2.36. The maximum absolute atomic E-state index is 13.6. The fourth-order valence-corrected chi connectivity index (χ4v) is 5.04. The SMILES string of the molecule is CCCOc1ccc([C@@H]2C(C(=O)OC)=C(C)NC3=C2C(=O)C[C@@H](c2ccc(Cl)cc2)C3)cc1OC. The molecule has 2 aromatic carbocycles. The number of hydrogen-bond acceptors (Lipinski definition) is 6. The van der Waals surface area contributed by atoms with Gasteiger partial charge in [0.25, 0.3) is 0 Å². The quantitative estimate of drug-likeness (QED) is 0.499. The van der Waals surface area contributed by atoms with Crippen molar-refractivity contribution in [2.24, 2.45) is 0 Å². The Morgan fingerprint density at radius 1 is 1.06 bits per heavy atom. The van der Waals surface area contributed by atoms with E-state index in [9.17, 15) is 9.59 Å². The molecule has 7 heteroatoms. The summed E-state index contributed by atoms with van der Waals surface area (Å²) in [7, 11) is 2.93. The van der Waals surface area contributed by atoms with Gasteiger partial charge in [-0.3, -0.25) is 4.79 Å². The summed E-state index contributed by atoms with van der Waals surface area (Å²) in [5.74, 6) is 0.178. The van der Waals surface area contributed by atoms with Gasteiger partial charge in [-0.1, -0.05) is 36.7 Å². The van der Waals surface area contributed by atoms with E-state index in [1.54, 1.807) is 7.11 Å². The number of methoxy groups -OCH3 is 2. The van der Waals surface area contributed by atoms with E-state index in [2.05, 4.69) is 5.32 Å². The van der Waals surface area contributed by atoms with E-state index in [0.29, 0.717) is 52.8 Å². The molecule has 0 spiro atoms. The average Bonchev–Trinajstić information content (AvgIpc) is 2.86. The molecule has 0 radical (unpaired) electrons. The van der Waals surface area contributed by atoms with E-state index in [0.717, 1.165) is 23.2 Å². The fourth-order valence-electron chi connectivity index (χ4n) is 4.92. The van der Waals surface area contributed by atoms with Crippen LogP contribution in [0.4, 0.5) is 0 Å². The molecule has 4 rings (SSSR count). The number of ether oxygens (including phenoxy) is 3. The first-order valence-corrected chi connectivity index (χ1v) is 12.1. The Balaban J connectivity index is 1.79. The Morgan fingerprint density at radius 2 is 1.77 bits per heavy atom. The van der Waals surface area contributed by atoms with Crippen LogP contribution in [0.15, 0.2) is 65.0 Å². The van der Waals surface area contributed by atoms with Crippen LogP contribution in [0.25, 0.3) is 0 Å². The zero-order chi connectivity index (χ0) is 25.1. The molecule has 2 aromatic rings. The largest absolute Gasteiger partial charge is 0.493 e. The maximum atomic E-state index is 13.6. The molecule has 35 heavy (non-hydrogen) atoms. The second-order valence-corrected chi connectivity index (χ2v) is 9.26. The lowest BCUT2D eigenvalue weighted by atomic mass is 9.71. The van der Waals surface area contributed by atoms with Crippen molar-refractivity contribution in [2.45, 2.75) is 44.9 Å². The number of carbonyl (C=O) groups excluding carboxylic acids is 2. The Bertz CT molecular complexity index is 1200. The third-order valence-corrected chi connectivity index (χ3v) is 6.81. The topological polar surface area (TPSA) is 73.9 Å². The number of esters is 1. The van der Waals surface area contributed by atoms with Crippen molar-refractivity contribution in [3.05, 3.63) is 81.2 Å². The molecule has 1 N–H and O–H groups in total. The highest BCUT2D eigenvalue weighted by Crippen LogP contribution is 2.47. The van der Waals surface area contributed by atoms with Crippen molar-refractivity contribution in [3.8, 4) is 11.5 Å². The molecule has 1 heterocycles. The molecule has 184 valence electrons. The third kappa shape index (κ3) is 4.94. The van der Waals surface area contributed by atoms with Gasteiger partial charge < -0.3 is 19.5 Å². The van der Waals surface area contributed by atoms with Gasteiger partial charge >= 0.3 is 5.97 Å². The molecule has 0 saturated heterocycles. The summed E-state index contributed by atoms with van der Waals surface area (Å²) in [6.07, 6.45) is 1.87. The van der Waals surface area contributed by atoms with Crippen molar-refractivity contribution in [1.29, 1.82) is 0 Å². The van der Waals surface area contributed by atoms with Gasteiger partial charge in [0.1, 0.15) is 0 Å². The van der Waals surface area contributed by atoms with Crippen LogP contribution < -0.4 is 14.8 Å². The highest BCUT2D eigenvalue weighted by molar-refractivity contribution is 6.30. The standard InChI is InChI=1S/C28H30ClNO5/c1-5-12-35-23-11-8-18(15-24(23)33-3)26-25(28(32)34-4)16(2)30-21-13-19(14-22(31)27(21)26)17-6-9-20(29)10-7-17/h6-11,15,19,26,30H,5,12-14H2,1-4H3/t19-,26+/m0/s1. The monoisotopic (exact) mass is 495 g/mol. The number of benzene rings is 2. The molecule has 1 aliphatic heterocycles. The number of dihydropyridines is 1. The number of carbonyl (C=O) groups is 2. The fraction of sp³-hybridized carbons (Fsp3) is 0.357. The number of Topliss-reactive ketones (excluding diaryl/α,β-unsaturated/α-hetero) is 1. The first kappa shape index (κ1) is 24.9. The van der Waals surface area contributed by atoms with Gasteiger partial charge in [-0.05, 0) is 61.1 Å². The summed E-state index contributed by atoms with van der Waals surface area (Å²) in [4.78, 5) is 26.5. The summed E-state index contributed by atoms with van der Waals surface area (Å²) in [5, 5.41) is 4.01. The minimum absolute atomic E-state index is 0.00267. The Hall–Kier alpha value is -3.25. The predicted molar refractivity (Wildman–Crippen MR) is 135 cm³/mol. The summed E-state index contributed by atoms with van der Waals surface area (Å²) >= 11 is 6.06. The van der Waals surface area contributed by atoms with Crippen molar-refractivity contribution in [3.63, 3.8) is 0 Å². The molecule has 0 bridgehead atoms. The van der Waals surface area contributed by atoms with Crippen molar-refractivity contribution < 1.29 is 23.8 Å². The van der Waals surface area contributed by atoms with Gasteiger partial charge in [-0.25, -0.2) is 4.79 Å². The van der Waals surface area contributed by atoms with Crippen LogP contribution in [-0.2, 0) is 14.3 Å². The zero-order valence-corrected chi connectivity index (χ0v) is 21.2. The van der Waals surface area contributed by atoms with Crippen molar-refractivity contribution in [1.82, 2.24) is 5.32 Å². The lowest BCUT2D eigenvalue weighted by Crippen LogP contribution is -2.36. The van der Waals surface area contributed by atoms with Crippen molar-refractivity contribution >= 4 is 23.4 Å². The summed E-state index contributed by atoms with van der Waals surface area (Å²) in [6.45, 7) is 4.44. The smallest absolute Gasteiger partial charge is 0.336 e. The molecule has 1 aliphatic carbocycles. The summed E-state index contributed by atoms with van der Waals surface area (Å²) in [6, 6.07) is 13.2. The second-order valence-electron chi connectivity index (χ2n) is 8.82. The third-order valence-electron chi connectivity index (χ3n) is 6.56. The number of rotatable bonds is 7. The molecule has 2 aliphatic rings. The van der Waals surface area contributed by atoms with Gasteiger partial charge in [0.2, 0.25) is 0 Å². The minimum atomic E-state index is -0.563. The van der Waals surface area contributed by atoms with Gasteiger partial charge in [0.15, 0.2) is 17.3 Å². The van der Waals surface area contributed by atoms with Gasteiger partial charge in [-0.15, -0.1) is 0 Å². The normalized spacial score (nSPS) is 19.7. The van der Waals surface area contributed by atoms with Gasteiger partial charge in [-0.2, -0.15) is 0 Å². The Morgan fingerprint density at radius 3 is 2.43 bits per heavy atom. The van der Waals surface area contributed by atoms with Gasteiger partial charge in [0, 0.05) is 34.3 Å². The second kappa shape index (κ2) is 10.6. The van der Waals surface area contributed by atoms with E-state index < -0.39 is 11.9 Å². The minimum Gasteiger partial charge on any atom is -0.493 e. The molecular formula is C28H30ClNO5. The molecule has 0 unspecified atom stereocenters. The number of nitrogens with one attached hydrogen (secondary N) is 1.